The standard InChI is InChI=1S/C14H19N3O/c1-2-3-4-13-16-14(18-17-13)12-7-5-11(6-8-12)9-10-15/h5-8H,2-4,9-10,15H2,1H3. The molecule has 0 amide bonds. The van der Waals surface area contributed by atoms with Crippen LogP contribution in [0.4, 0.5) is 0 Å². The van der Waals surface area contributed by atoms with Gasteiger partial charge in [0.15, 0.2) is 5.82 Å². The summed E-state index contributed by atoms with van der Waals surface area (Å²) in [4.78, 5) is 4.39. The number of hydrogen-bond acceptors (Lipinski definition) is 4. The highest BCUT2D eigenvalue weighted by atomic mass is 16.5. The molecule has 0 atom stereocenters. The number of aromatic nitrogens is 2. The quantitative estimate of drug-likeness (QED) is 0.849. The van der Waals surface area contributed by atoms with Gasteiger partial charge in [0.25, 0.3) is 5.89 Å². The maximum Gasteiger partial charge on any atom is 0.257 e. The van der Waals surface area contributed by atoms with E-state index < -0.39 is 0 Å². The Bertz CT molecular complexity index is 476. The molecule has 96 valence electrons. The third-order valence-electron chi connectivity index (χ3n) is 2.86. The van der Waals surface area contributed by atoms with Crippen LogP contribution >= 0.6 is 0 Å². The summed E-state index contributed by atoms with van der Waals surface area (Å²) in [5.41, 5.74) is 7.71. The number of nitrogens with zero attached hydrogens (tertiary/aromatic N) is 2. The average molecular weight is 245 g/mol. The van der Waals surface area contributed by atoms with Crippen molar-refractivity contribution < 1.29 is 4.52 Å². The van der Waals surface area contributed by atoms with E-state index in [1.807, 2.05) is 12.1 Å². The lowest BCUT2D eigenvalue weighted by atomic mass is 10.1. The van der Waals surface area contributed by atoms with Gasteiger partial charge in [-0.1, -0.05) is 30.6 Å². The molecule has 0 aliphatic rings. The van der Waals surface area contributed by atoms with Crippen LogP contribution in [-0.2, 0) is 12.8 Å². The van der Waals surface area contributed by atoms with Crippen molar-refractivity contribution in [3.8, 4) is 11.5 Å². The summed E-state index contributed by atoms with van der Waals surface area (Å²) in [6.45, 7) is 2.82. The number of hydrogen-bond donors (Lipinski definition) is 1. The van der Waals surface area contributed by atoms with Gasteiger partial charge in [0.1, 0.15) is 0 Å². The van der Waals surface area contributed by atoms with Gasteiger partial charge >= 0.3 is 0 Å². The van der Waals surface area contributed by atoms with Crippen molar-refractivity contribution in [2.75, 3.05) is 6.54 Å². The number of rotatable bonds is 6. The fourth-order valence-electron chi connectivity index (χ4n) is 1.79. The van der Waals surface area contributed by atoms with Gasteiger partial charge in [0, 0.05) is 12.0 Å². The highest BCUT2D eigenvalue weighted by Gasteiger charge is 2.08. The first-order valence-corrected chi connectivity index (χ1v) is 6.45. The summed E-state index contributed by atoms with van der Waals surface area (Å²) in [5, 5.41) is 3.98. The van der Waals surface area contributed by atoms with E-state index in [-0.39, 0.29) is 0 Å². The second kappa shape index (κ2) is 6.31. The Morgan fingerprint density at radius 3 is 2.61 bits per heavy atom. The third-order valence-corrected chi connectivity index (χ3v) is 2.86. The van der Waals surface area contributed by atoms with Gasteiger partial charge in [-0.3, -0.25) is 0 Å². The van der Waals surface area contributed by atoms with Crippen molar-refractivity contribution in [2.24, 2.45) is 5.73 Å². The molecular formula is C14H19N3O. The topological polar surface area (TPSA) is 64.9 Å². The monoisotopic (exact) mass is 245 g/mol. The van der Waals surface area contributed by atoms with Crippen molar-refractivity contribution >= 4 is 0 Å². The summed E-state index contributed by atoms with van der Waals surface area (Å²) in [6.07, 6.45) is 4.00. The van der Waals surface area contributed by atoms with Gasteiger partial charge in [-0.25, -0.2) is 0 Å². The molecule has 0 saturated heterocycles. The van der Waals surface area contributed by atoms with E-state index in [2.05, 4.69) is 29.2 Å². The summed E-state index contributed by atoms with van der Waals surface area (Å²) in [6, 6.07) is 8.11. The van der Waals surface area contributed by atoms with Crippen molar-refractivity contribution in [2.45, 2.75) is 32.6 Å². The molecule has 1 aromatic carbocycles. The minimum Gasteiger partial charge on any atom is -0.334 e. The van der Waals surface area contributed by atoms with Gasteiger partial charge in [0.05, 0.1) is 0 Å². The molecule has 1 aromatic heterocycles. The normalized spacial score (nSPS) is 10.8. The second-order valence-corrected chi connectivity index (χ2v) is 4.35. The second-order valence-electron chi connectivity index (χ2n) is 4.35. The molecule has 4 nitrogen and oxygen atoms in total. The Morgan fingerprint density at radius 2 is 1.94 bits per heavy atom. The zero-order chi connectivity index (χ0) is 12.8. The van der Waals surface area contributed by atoms with Gasteiger partial charge in [-0.15, -0.1) is 0 Å². The fraction of sp³-hybridized carbons (Fsp3) is 0.429. The first-order chi connectivity index (χ1) is 8.83. The van der Waals surface area contributed by atoms with Crippen LogP contribution in [0.3, 0.4) is 0 Å². The molecule has 1 heterocycles. The van der Waals surface area contributed by atoms with Crippen LogP contribution in [0.5, 0.6) is 0 Å². The van der Waals surface area contributed by atoms with Crippen LogP contribution < -0.4 is 5.73 Å². The molecule has 18 heavy (non-hydrogen) atoms. The number of aryl methyl sites for hydroxylation is 1. The van der Waals surface area contributed by atoms with Crippen LogP contribution in [0.25, 0.3) is 11.5 Å². The molecule has 0 aliphatic heterocycles. The van der Waals surface area contributed by atoms with Crippen molar-refractivity contribution in [1.82, 2.24) is 10.1 Å². The Labute approximate surface area is 107 Å². The summed E-state index contributed by atoms with van der Waals surface area (Å²) in [7, 11) is 0. The highest BCUT2D eigenvalue weighted by Crippen LogP contribution is 2.18. The largest absolute Gasteiger partial charge is 0.334 e. The van der Waals surface area contributed by atoms with Crippen LogP contribution in [0.2, 0.25) is 0 Å². The van der Waals surface area contributed by atoms with E-state index in [0.29, 0.717) is 12.4 Å². The van der Waals surface area contributed by atoms with E-state index in [1.165, 1.54) is 5.56 Å². The van der Waals surface area contributed by atoms with Crippen molar-refractivity contribution in [3.05, 3.63) is 35.7 Å². The molecule has 0 bridgehead atoms. The maximum atomic E-state index is 5.52. The van der Waals surface area contributed by atoms with E-state index in [0.717, 1.165) is 37.1 Å². The number of unbranched alkanes of at least 4 members (excludes halogenated alkanes) is 1. The Morgan fingerprint density at radius 1 is 1.17 bits per heavy atom. The maximum absolute atomic E-state index is 5.52. The highest BCUT2D eigenvalue weighted by molar-refractivity contribution is 5.53. The summed E-state index contributed by atoms with van der Waals surface area (Å²) >= 11 is 0. The number of benzene rings is 1. The molecule has 2 rings (SSSR count). The van der Waals surface area contributed by atoms with Crippen molar-refractivity contribution in [3.63, 3.8) is 0 Å². The molecular weight excluding hydrogens is 226 g/mol. The number of nitrogens with two attached hydrogens (primary N) is 1. The van der Waals surface area contributed by atoms with Crippen LogP contribution in [-0.4, -0.2) is 16.7 Å². The van der Waals surface area contributed by atoms with Gasteiger partial charge in [-0.05, 0) is 37.1 Å². The Kier molecular flexibility index (Phi) is 4.47. The Hall–Kier alpha value is -1.68. The van der Waals surface area contributed by atoms with Gasteiger partial charge in [-0.2, -0.15) is 4.98 Å². The summed E-state index contributed by atoms with van der Waals surface area (Å²) < 4.78 is 5.26. The smallest absolute Gasteiger partial charge is 0.257 e. The predicted molar refractivity (Wildman–Crippen MR) is 71.1 cm³/mol. The van der Waals surface area contributed by atoms with E-state index >= 15 is 0 Å². The molecule has 0 saturated carbocycles. The zero-order valence-electron chi connectivity index (χ0n) is 10.7. The van der Waals surface area contributed by atoms with Crippen LogP contribution in [0.1, 0.15) is 31.2 Å². The predicted octanol–water partition coefficient (Wildman–Crippen LogP) is 2.58. The molecule has 0 unspecified atom stereocenters. The summed E-state index contributed by atoms with van der Waals surface area (Å²) in [5.74, 6) is 1.39. The van der Waals surface area contributed by atoms with Crippen LogP contribution in [0, 0.1) is 0 Å². The van der Waals surface area contributed by atoms with Gasteiger partial charge < -0.3 is 10.3 Å². The first kappa shape index (κ1) is 12.8. The molecule has 4 heteroatoms. The lowest BCUT2D eigenvalue weighted by molar-refractivity contribution is 0.421. The lowest BCUT2D eigenvalue weighted by Crippen LogP contribution is -2.02. The molecule has 2 aromatic rings. The van der Waals surface area contributed by atoms with Gasteiger partial charge in [0.2, 0.25) is 0 Å². The molecule has 0 fully saturated rings. The molecule has 0 spiro atoms. The molecule has 2 N–H and O–H groups in total. The lowest BCUT2D eigenvalue weighted by Gasteiger charge is -1.98. The molecule has 0 radical (unpaired) electrons. The minimum absolute atomic E-state index is 0.598. The SMILES string of the molecule is CCCCc1noc(-c2ccc(CCN)cc2)n1. The first-order valence-electron chi connectivity index (χ1n) is 6.45. The fourth-order valence-corrected chi connectivity index (χ4v) is 1.79. The molecule has 0 aliphatic carbocycles. The van der Waals surface area contributed by atoms with Crippen LogP contribution in [0.15, 0.2) is 28.8 Å². The van der Waals surface area contributed by atoms with Crippen molar-refractivity contribution in [1.29, 1.82) is 0 Å². The minimum atomic E-state index is 0.598. The Balaban J connectivity index is 2.08. The van der Waals surface area contributed by atoms with E-state index in [1.54, 1.807) is 0 Å². The van der Waals surface area contributed by atoms with E-state index in [9.17, 15) is 0 Å². The van der Waals surface area contributed by atoms with E-state index in [4.69, 9.17) is 10.3 Å². The average Bonchev–Trinajstić information content (AvgIpc) is 2.86. The third kappa shape index (κ3) is 3.17. The zero-order valence-corrected chi connectivity index (χ0v) is 10.7.